The van der Waals surface area contributed by atoms with Gasteiger partial charge in [0.25, 0.3) is 0 Å². The Labute approximate surface area is 115 Å². The molecule has 0 spiro atoms. The van der Waals surface area contributed by atoms with Crippen molar-refractivity contribution in [2.24, 2.45) is 0 Å². The first-order valence-corrected chi connectivity index (χ1v) is 6.77. The monoisotopic (exact) mass is 264 g/mol. The molecular formula is C15H24N2O2. The summed E-state index contributed by atoms with van der Waals surface area (Å²) in [7, 11) is 0. The van der Waals surface area contributed by atoms with Crippen LogP contribution in [0.4, 0.5) is 4.79 Å². The number of carbonyl (C=O) groups excluding carboxylic acids is 1. The Morgan fingerprint density at radius 3 is 2.37 bits per heavy atom. The molecule has 4 heteroatoms. The van der Waals surface area contributed by atoms with Crippen LogP contribution in [0.5, 0.6) is 0 Å². The minimum atomic E-state index is -0.236. The number of aliphatic hydroxyl groups excluding tert-OH is 1. The van der Waals surface area contributed by atoms with E-state index in [1.54, 1.807) is 0 Å². The largest absolute Gasteiger partial charge is 0.395 e. The first-order valence-electron chi connectivity index (χ1n) is 6.77. The van der Waals surface area contributed by atoms with Gasteiger partial charge in [0.1, 0.15) is 0 Å². The Kier molecular flexibility index (Phi) is 6.36. The van der Waals surface area contributed by atoms with Gasteiger partial charge in [-0.25, -0.2) is 4.79 Å². The summed E-state index contributed by atoms with van der Waals surface area (Å²) in [4.78, 5) is 11.4. The molecule has 3 N–H and O–H groups in total. The van der Waals surface area contributed by atoms with Gasteiger partial charge < -0.3 is 15.7 Å². The maximum Gasteiger partial charge on any atom is 0.315 e. The van der Waals surface area contributed by atoms with Crippen LogP contribution in [0.25, 0.3) is 0 Å². The number of urea groups is 1. The second-order valence-electron chi connectivity index (χ2n) is 5.13. The molecule has 1 rings (SSSR count). The van der Waals surface area contributed by atoms with E-state index >= 15 is 0 Å². The van der Waals surface area contributed by atoms with Gasteiger partial charge in [0, 0.05) is 12.6 Å². The van der Waals surface area contributed by atoms with Gasteiger partial charge in [-0.1, -0.05) is 38.1 Å². The summed E-state index contributed by atoms with van der Waals surface area (Å²) >= 11 is 0. The van der Waals surface area contributed by atoms with Gasteiger partial charge in [0.2, 0.25) is 0 Å². The van der Waals surface area contributed by atoms with Crippen molar-refractivity contribution in [3.05, 3.63) is 35.4 Å². The zero-order valence-electron chi connectivity index (χ0n) is 11.9. The van der Waals surface area contributed by atoms with Gasteiger partial charge in [0.05, 0.1) is 6.61 Å². The molecule has 106 valence electrons. The zero-order chi connectivity index (χ0) is 14.3. The number of hydrogen-bond donors (Lipinski definition) is 3. The molecule has 2 amide bonds. The van der Waals surface area contributed by atoms with Gasteiger partial charge in [-0.15, -0.1) is 0 Å². The number of aliphatic hydroxyl groups is 1. The zero-order valence-corrected chi connectivity index (χ0v) is 11.9. The second-order valence-corrected chi connectivity index (χ2v) is 5.13. The number of nitrogens with one attached hydrogen (secondary N) is 2. The molecule has 1 aromatic rings. The molecule has 4 nitrogen and oxygen atoms in total. The van der Waals surface area contributed by atoms with Crippen LogP contribution < -0.4 is 10.6 Å². The van der Waals surface area contributed by atoms with Crippen LogP contribution in [0.2, 0.25) is 0 Å². The Morgan fingerprint density at radius 1 is 1.21 bits per heavy atom. The van der Waals surface area contributed by atoms with E-state index in [9.17, 15) is 4.79 Å². The summed E-state index contributed by atoms with van der Waals surface area (Å²) in [5.41, 5.74) is 2.53. The molecule has 0 bridgehead atoms. The summed E-state index contributed by atoms with van der Waals surface area (Å²) in [6.07, 6.45) is 0.797. The third kappa shape index (κ3) is 5.75. The SMILES string of the molecule is CC(Cc1ccc(C(C)C)cc1)NC(=O)NCCO. The number of rotatable bonds is 6. The molecule has 1 unspecified atom stereocenters. The van der Waals surface area contributed by atoms with E-state index in [0.29, 0.717) is 5.92 Å². The lowest BCUT2D eigenvalue weighted by Gasteiger charge is -2.15. The van der Waals surface area contributed by atoms with Crippen molar-refractivity contribution in [3.8, 4) is 0 Å². The van der Waals surface area contributed by atoms with Crippen molar-refractivity contribution in [3.63, 3.8) is 0 Å². The van der Waals surface area contributed by atoms with Gasteiger partial charge >= 0.3 is 6.03 Å². The van der Waals surface area contributed by atoms with E-state index in [2.05, 4.69) is 48.7 Å². The van der Waals surface area contributed by atoms with Crippen molar-refractivity contribution in [1.29, 1.82) is 0 Å². The fourth-order valence-corrected chi connectivity index (χ4v) is 1.89. The van der Waals surface area contributed by atoms with E-state index in [1.807, 2.05) is 6.92 Å². The summed E-state index contributed by atoms with van der Waals surface area (Å²) in [5.74, 6) is 0.536. The average Bonchev–Trinajstić information content (AvgIpc) is 2.36. The molecule has 0 fully saturated rings. The van der Waals surface area contributed by atoms with Gasteiger partial charge in [-0.3, -0.25) is 0 Å². The number of carbonyl (C=O) groups is 1. The third-order valence-electron chi connectivity index (χ3n) is 2.96. The van der Waals surface area contributed by atoms with Crippen LogP contribution in [0.1, 0.15) is 37.8 Å². The van der Waals surface area contributed by atoms with E-state index in [4.69, 9.17) is 5.11 Å². The minimum Gasteiger partial charge on any atom is -0.395 e. The van der Waals surface area contributed by atoms with Crippen molar-refractivity contribution >= 4 is 6.03 Å². The summed E-state index contributed by atoms with van der Waals surface area (Å²) in [6, 6.07) is 8.32. The fraction of sp³-hybridized carbons (Fsp3) is 0.533. The van der Waals surface area contributed by atoms with E-state index in [0.717, 1.165) is 6.42 Å². The lowest BCUT2D eigenvalue weighted by molar-refractivity contribution is 0.231. The lowest BCUT2D eigenvalue weighted by atomic mass is 9.99. The first kappa shape index (κ1) is 15.5. The standard InChI is InChI=1S/C15H24N2O2/c1-11(2)14-6-4-13(5-7-14)10-12(3)17-15(19)16-8-9-18/h4-7,11-12,18H,8-10H2,1-3H3,(H2,16,17,19). The molecule has 1 atom stereocenters. The Bertz CT molecular complexity index is 388. The smallest absolute Gasteiger partial charge is 0.315 e. The second kappa shape index (κ2) is 7.79. The maximum absolute atomic E-state index is 11.4. The molecule has 19 heavy (non-hydrogen) atoms. The quantitative estimate of drug-likeness (QED) is 0.736. The van der Waals surface area contributed by atoms with Crippen LogP contribution in [0, 0.1) is 0 Å². The van der Waals surface area contributed by atoms with Gasteiger partial charge in [-0.05, 0) is 30.4 Å². The van der Waals surface area contributed by atoms with Crippen molar-refractivity contribution in [2.75, 3.05) is 13.2 Å². The Hall–Kier alpha value is -1.55. The van der Waals surface area contributed by atoms with Crippen LogP contribution >= 0.6 is 0 Å². The molecule has 0 heterocycles. The van der Waals surface area contributed by atoms with Crippen LogP contribution in [0.15, 0.2) is 24.3 Å². The van der Waals surface area contributed by atoms with Crippen LogP contribution in [-0.2, 0) is 6.42 Å². The highest BCUT2D eigenvalue weighted by molar-refractivity contribution is 5.74. The predicted molar refractivity (Wildman–Crippen MR) is 77.3 cm³/mol. The normalized spacial score (nSPS) is 12.3. The molecule has 0 aromatic heterocycles. The molecule has 0 saturated carbocycles. The number of hydrogen-bond acceptors (Lipinski definition) is 2. The average molecular weight is 264 g/mol. The third-order valence-corrected chi connectivity index (χ3v) is 2.96. The topological polar surface area (TPSA) is 61.4 Å². The minimum absolute atomic E-state index is 0.0432. The van der Waals surface area contributed by atoms with E-state index < -0.39 is 0 Å². The Morgan fingerprint density at radius 2 is 1.84 bits per heavy atom. The molecule has 0 aliphatic heterocycles. The van der Waals surface area contributed by atoms with Crippen LogP contribution in [-0.4, -0.2) is 30.3 Å². The predicted octanol–water partition coefficient (Wildman–Crippen LogP) is 2.03. The highest BCUT2D eigenvalue weighted by Crippen LogP contribution is 2.15. The first-order chi connectivity index (χ1) is 9.02. The Balaban J connectivity index is 2.43. The van der Waals surface area contributed by atoms with Crippen molar-refractivity contribution < 1.29 is 9.90 Å². The maximum atomic E-state index is 11.4. The molecule has 0 saturated heterocycles. The van der Waals surface area contributed by atoms with Crippen molar-refractivity contribution in [2.45, 2.75) is 39.2 Å². The highest BCUT2D eigenvalue weighted by Gasteiger charge is 2.07. The van der Waals surface area contributed by atoms with Crippen LogP contribution in [0.3, 0.4) is 0 Å². The summed E-state index contributed by atoms with van der Waals surface area (Å²) in [5, 5.41) is 14.0. The lowest BCUT2D eigenvalue weighted by Crippen LogP contribution is -2.42. The molecule has 0 aliphatic rings. The molecular weight excluding hydrogens is 240 g/mol. The molecule has 0 aliphatic carbocycles. The van der Waals surface area contributed by atoms with Gasteiger partial charge in [-0.2, -0.15) is 0 Å². The highest BCUT2D eigenvalue weighted by atomic mass is 16.3. The summed E-state index contributed by atoms with van der Waals surface area (Å²) in [6.45, 7) is 6.55. The summed E-state index contributed by atoms with van der Waals surface area (Å²) < 4.78 is 0. The van der Waals surface area contributed by atoms with E-state index in [-0.39, 0.29) is 25.2 Å². The van der Waals surface area contributed by atoms with E-state index in [1.165, 1.54) is 11.1 Å². The van der Waals surface area contributed by atoms with Gasteiger partial charge in [0.15, 0.2) is 0 Å². The molecule has 1 aromatic carbocycles. The molecule has 0 radical (unpaired) electrons. The fourth-order valence-electron chi connectivity index (χ4n) is 1.89. The number of amides is 2. The number of benzene rings is 1. The van der Waals surface area contributed by atoms with Crippen molar-refractivity contribution in [1.82, 2.24) is 10.6 Å².